The molecule has 0 amide bonds. The lowest BCUT2D eigenvalue weighted by Gasteiger charge is -2.28. The van der Waals surface area contributed by atoms with Crippen molar-refractivity contribution in [1.29, 1.82) is 0 Å². The van der Waals surface area contributed by atoms with E-state index in [1.165, 1.54) is 10.6 Å². The maximum atomic E-state index is 12.4. The van der Waals surface area contributed by atoms with Gasteiger partial charge >= 0.3 is 0 Å². The highest BCUT2D eigenvalue weighted by Crippen LogP contribution is 2.27. The summed E-state index contributed by atoms with van der Waals surface area (Å²) in [5.41, 5.74) is 2.43. The van der Waals surface area contributed by atoms with E-state index in [2.05, 4.69) is 9.68 Å². The van der Waals surface area contributed by atoms with Crippen molar-refractivity contribution in [2.75, 3.05) is 6.54 Å². The van der Waals surface area contributed by atoms with Crippen LogP contribution in [-0.4, -0.2) is 24.4 Å². The summed E-state index contributed by atoms with van der Waals surface area (Å²) in [5.74, 6) is -0.139. The van der Waals surface area contributed by atoms with Gasteiger partial charge in [-0.1, -0.05) is 28.9 Å². The van der Waals surface area contributed by atoms with Crippen molar-refractivity contribution in [3.63, 3.8) is 0 Å². The molecule has 0 spiro atoms. The normalized spacial score (nSPS) is 16.1. The van der Waals surface area contributed by atoms with Gasteiger partial charge in [-0.05, 0) is 23.6 Å². The van der Waals surface area contributed by atoms with Gasteiger partial charge in [0.25, 0.3) is 0 Å². The third-order valence-corrected chi connectivity index (χ3v) is 5.50. The molecule has 0 saturated carbocycles. The third-order valence-electron chi connectivity index (χ3n) is 3.39. The average molecular weight is 313 g/mol. The fourth-order valence-electron chi connectivity index (χ4n) is 2.36. The lowest BCUT2D eigenvalue weighted by Crippen LogP contribution is -2.36. The molecule has 0 radical (unpaired) electrons. The van der Waals surface area contributed by atoms with Gasteiger partial charge in [-0.3, -0.25) is 0 Å². The molecular weight excluding hydrogens is 300 g/mol. The van der Waals surface area contributed by atoms with E-state index in [0.717, 1.165) is 11.1 Å². The van der Waals surface area contributed by atoms with Crippen LogP contribution in [0, 0.1) is 0 Å². The lowest BCUT2D eigenvalue weighted by molar-refractivity contribution is 0.387. The number of halogens is 1. The van der Waals surface area contributed by atoms with Crippen LogP contribution in [0.25, 0.3) is 0 Å². The van der Waals surface area contributed by atoms with Crippen LogP contribution in [0.5, 0.6) is 0 Å². The van der Waals surface area contributed by atoms with Crippen molar-refractivity contribution in [3.05, 3.63) is 52.4 Å². The van der Waals surface area contributed by atoms with Crippen LogP contribution < -0.4 is 0 Å². The molecule has 106 valence electrons. The highest BCUT2D eigenvalue weighted by atomic mass is 35.5. The zero-order valence-electron chi connectivity index (χ0n) is 10.6. The molecule has 0 unspecified atom stereocenters. The minimum Gasteiger partial charge on any atom is -0.364 e. The molecule has 3 rings (SSSR count). The van der Waals surface area contributed by atoms with Gasteiger partial charge in [-0.25, -0.2) is 8.42 Å². The Morgan fingerprint density at radius 1 is 1.35 bits per heavy atom. The van der Waals surface area contributed by atoms with Gasteiger partial charge < -0.3 is 4.52 Å². The Labute approximate surface area is 122 Å². The van der Waals surface area contributed by atoms with Crippen molar-refractivity contribution in [3.8, 4) is 0 Å². The van der Waals surface area contributed by atoms with Crippen molar-refractivity contribution in [2.45, 2.75) is 18.7 Å². The second-order valence-electron chi connectivity index (χ2n) is 4.71. The molecule has 0 atom stereocenters. The van der Waals surface area contributed by atoms with Crippen molar-refractivity contribution < 1.29 is 12.9 Å². The molecule has 0 N–H and O–H groups in total. The van der Waals surface area contributed by atoms with E-state index in [9.17, 15) is 8.42 Å². The maximum absolute atomic E-state index is 12.4. The van der Waals surface area contributed by atoms with Gasteiger partial charge in [0.1, 0.15) is 12.0 Å². The van der Waals surface area contributed by atoms with E-state index in [1.807, 2.05) is 18.2 Å². The number of rotatable bonds is 3. The Morgan fingerprint density at radius 2 is 2.20 bits per heavy atom. The summed E-state index contributed by atoms with van der Waals surface area (Å²) in [5, 5.41) is 4.36. The SMILES string of the molecule is O=S(=O)(Cc1ccon1)N1CCc2c(Cl)cccc2C1. The summed E-state index contributed by atoms with van der Waals surface area (Å²) in [6.07, 6.45) is 2.00. The fourth-order valence-corrected chi connectivity index (χ4v) is 4.06. The molecule has 2 heterocycles. The second-order valence-corrected chi connectivity index (χ2v) is 7.08. The summed E-state index contributed by atoms with van der Waals surface area (Å²) in [6, 6.07) is 7.15. The Morgan fingerprint density at radius 3 is 2.95 bits per heavy atom. The van der Waals surface area contributed by atoms with E-state index in [-0.39, 0.29) is 5.75 Å². The van der Waals surface area contributed by atoms with E-state index >= 15 is 0 Å². The Bertz CT molecular complexity index is 713. The number of aromatic nitrogens is 1. The molecule has 0 bridgehead atoms. The van der Waals surface area contributed by atoms with Crippen LogP contribution in [0.15, 0.2) is 35.1 Å². The minimum absolute atomic E-state index is 0.139. The summed E-state index contributed by atoms with van der Waals surface area (Å²) in [4.78, 5) is 0. The molecule has 0 fully saturated rings. The maximum Gasteiger partial charge on any atom is 0.220 e. The molecule has 7 heteroatoms. The molecular formula is C13H13ClN2O3S. The standard InChI is InChI=1S/C13H13ClN2O3S/c14-13-3-1-2-10-8-16(6-4-12(10)13)20(17,18)9-11-5-7-19-15-11/h1-3,5,7H,4,6,8-9H2. The van der Waals surface area contributed by atoms with Crippen LogP contribution in [0.2, 0.25) is 5.02 Å². The summed E-state index contributed by atoms with van der Waals surface area (Å²) < 4.78 is 30.9. The van der Waals surface area contributed by atoms with Crippen LogP contribution in [0.3, 0.4) is 0 Å². The predicted octanol–water partition coefficient (Wildman–Crippen LogP) is 2.22. The number of hydrogen-bond acceptors (Lipinski definition) is 4. The summed E-state index contributed by atoms with van der Waals surface area (Å²) >= 11 is 6.13. The van der Waals surface area contributed by atoms with Crippen LogP contribution in [-0.2, 0) is 28.7 Å². The van der Waals surface area contributed by atoms with E-state index < -0.39 is 10.0 Å². The molecule has 1 aromatic heterocycles. The number of fused-ring (bicyclic) bond motifs is 1. The minimum atomic E-state index is -3.39. The first kappa shape index (κ1) is 13.6. The Hall–Kier alpha value is -1.37. The van der Waals surface area contributed by atoms with Gasteiger partial charge in [0.15, 0.2) is 0 Å². The largest absolute Gasteiger partial charge is 0.364 e. The number of hydrogen-bond donors (Lipinski definition) is 0. The molecule has 2 aromatic rings. The number of nitrogens with zero attached hydrogens (tertiary/aromatic N) is 2. The average Bonchev–Trinajstić information content (AvgIpc) is 2.91. The Kier molecular flexibility index (Phi) is 3.54. The van der Waals surface area contributed by atoms with E-state index in [1.54, 1.807) is 6.07 Å². The zero-order valence-corrected chi connectivity index (χ0v) is 12.2. The molecule has 0 aliphatic carbocycles. The first-order valence-corrected chi connectivity index (χ1v) is 8.18. The highest BCUT2D eigenvalue weighted by molar-refractivity contribution is 7.88. The Balaban J connectivity index is 1.83. The van der Waals surface area contributed by atoms with E-state index in [0.29, 0.717) is 30.2 Å². The van der Waals surface area contributed by atoms with Crippen LogP contribution in [0.1, 0.15) is 16.8 Å². The molecule has 1 aliphatic heterocycles. The quantitative estimate of drug-likeness (QED) is 0.871. The second kappa shape index (κ2) is 5.20. The van der Waals surface area contributed by atoms with E-state index in [4.69, 9.17) is 11.6 Å². The molecule has 1 aromatic carbocycles. The highest BCUT2D eigenvalue weighted by Gasteiger charge is 2.28. The number of benzene rings is 1. The van der Waals surface area contributed by atoms with Gasteiger partial charge in [0.2, 0.25) is 10.0 Å². The van der Waals surface area contributed by atoms with Crippen molar-refractivity contribution >= 4 is 21.6 Å². The smallest absolute Gasteiger partial charge is 0.220 e. The van der Waals surface area contributed by atoms with Gasteiger partial charge in [-0.2, -0.15) is 4.31 Å². The predicted molar refractivity (Wildman–Crippen MR) is 74.7 cm³/mol. The van der Waals surface area contributed by atoms with Crippen LogP contribution >= 0.6 is 11.6 Å². The van der Waals surface area contributed by atoms with Crippen molar-refractivity contribution in [2.24, 2.45) is 0 Å². The van der Waals surface area contributed by atoms with Gasteiger partial charge in [0.05, 0.1) is 5.69 Å². The first-order chi connectivity index (χ1) is 9.56. The molecule has 20 heavy (non-hydrogen) atoms. The zero-order chi connectivity index (χ0) is 14.2. The first-order valence-electron chi connectivity index (χ1n) is 6.19. The fraction of sp³-hybridized carbons (Fsp3) is 0.308. The van der Waals surface area contributed by atoms with Gasteiger partial charge in [0, 0.05) is 24.2 Å². The van der Waals surface area contributed by atoms with Gasteiger partial charge in [-0.15, -0.1) is 0 Å². The molecule has 5 nitrogen and oxygen atoms in total. The monoisotopic (exact) mass is 312 g/mol. The summed E-state index contributed by atoms with van der Waals surface area (Å²) in [7, 11) is -3.39. The summed E-state index contributed by atoms with van der Waals surface area (Å²) in [6.45, 7) is 0.799. The lowest BCUT2D eigenvalue weighted by atomic mass is 10.0. The third kappa shape index (κ3) is 2.59. The van der Waals surface area contributed by atoms with Crippen LogP contribution in [0.4, 0.5) is 0 Å². The number of sulfonamides is 1. The van der Waals surface area contributed by atoms with Crippen molar-refractivity contribution in [1.82, 2.24) is 9.46 Å². The topological polar surface area (TPSA) is 63.4 Å². The molecule has 1 aliphatic rings. The molecule has 0 saturated heterocycles.